The molecule has 20 heavy (non-hydrogen) atoms. The Balaban J connectivity index is 2.13. The van der Waals surface area contributed by atoms with Gasteiger partial charge >= 0.3 is 12.1 Å². The first-order valence-corrected chi connectivity index (χ1v) is 6.23. The molecule has 0 amide bonds. The van der Waals surface area contributed by atoms with Crippen LogP contribution in [0.5, 0.6) is 0 Å². The lowest BCUT2D eigenvalue weighted by molar-refractivity contribution is -0.140. The van der Waals surface area contributed by atoms with Crippen LogP contribution in [0, 0.1) is 0 Å². The van der Waals surface area contributed by atoms with E-state index < -0.39 is 23.3 Å². The fourth-order valence-corrected chi connectivity index (χ4v) is 2.75. The lowest BCUT2D eigenvalue weighted by Gasteiger charge is -2.14. The molecular formula is C14H12F3NO2. The van der Waals surface area contributed by atoms with E-state index in [0.29, 0.717) is 29.3 Å². The molecule has 1 fully saturated rings. The van der Waals surface area contributed by atoms with Gasteiger partial charge in [0, 0.05) is 16.3 Å². The van der Waals surface area contributed by atoms with E-state index in [1.165, 1.54) is 0 Å². The molecule has 2 N–H and O–H groups in total. The highest BCUT2D eigenvalue weighted by Gasteiger charge is 2.47. The zero-order chi connectivity index (χ0) is 14.5. The smallest absolute Gasteiger partial charge is 0.431 e. The fourth-order valence-electron chi connectivity index (χ4n) is 2.75. The Hall–Kier alpha value is -1.98. The van der Waals surface area contributed by atoms with E-state index in [9.17, 15) is 18.0 Å². The number of hydrogen-bond acceptors (Lipinski definition) is 1. The van der Waals surface area contributed by atoms with Crippen LogP contribution in [-0.2, 0) is 16.4 Å². The van der Waals surface area contributed by atoms with Crippen molar-refractivity contribution in [2.45, 2.75) is 30.9 Å². The largest absolute Gasteiger partial charge is 0.481 e. The van der Waals surface area contributed by atoms with Gasteiger partial charge in [0.05, 0.1) is 6.42 Å². The molecule has 1 aromatic carbocycles. The number of H-pyrrole nitrogens is 1. The van der Waals surface area contributed by atoms with Gasteiger partial charge in [-0.15, -0.1) is 0 Å². The highest BCUT2D eigenvalue weighted by Crippen LogP contribution is 2.53. The molecule has 6 heteroatoms. The van der Waals surface area contributed by atoms with E-state index in [1.54, 1.807) is 18.2 Å². The third kappa shape index (κ3) is 2.05. The Morgan fingerprint density at radius 1 is 1.35 bits per heavy atom. The summed E-state index contributed by atoms with van der Waals surface area (Å²) < 4.78 is 38.3. The van der Waals surface area contributed by atoms with Gasteiger partial charge < -0.3 is 10.1 Å². The number of aliphatic carboxylic acids is 1. The van der Waals surface area contributed by atoms with Gasteiger partial charge in [0.2, 0.25) is 0 Å². The first kappa shape index (κ1) is 13.0. The highest BCUT2D eigenvalue weighted by atomic mass is 19.4. The van der Waals surface area contributed by atoms with Crippen molar-refractivity contribution in [3.05, 3.63) is 35.5 Å². The number of aromatic nitrogens is 1. The highest BCUT2D eigenvalue weighted by molar-refractivity contribution is 5.86. The zero-order valence-corrected chi connectivity index (χ0v) is 10.4. The number of aromatic amines is 1. The van der Waals surface area contributed by atoms with Crippen LogP contribution in [0.4, 0.5) is 13.2 Å². The maximum Gasteiger partial charge on any atom is 0.431 e. The average Bonchev–Trinajstić information content (AvgIpc) is 2.95. The maximum absolute atomic E-state index is 12.8. The molecule has 1 heterocycles. The molecule has 1 aromatic heterocycles. The molecule has 0 saturated heterocycles. The van der Waals surface area contributed by atoms with E-state index in [1.807, 2.05) is 0 Å². The van der Waals surface area contributed by atoms with Crippen LogP contribution in [0.15, 0.2) is 24.3 Å². The van der Waals surface area contributed by atoms with Gasteiger partial charge in [-0.3, -0.25) is 4.79 Å². The van der Waals surface area contributed by atoms with Crippen molar-refractivity contribution < 1.29 is 23.1 Å². The van der Waals surface area contributed by atoms with Crippen molar-refractivity contribution in [3.63, 3.8) is 0 Å². The Labute approximate surface area is 112 Å². The second-order valence-electron chi connectivity index (χ2n) is 5.30. The van der Waals surface area contributed by atoms with E-state index in [4.69, 9.17) is 5.11 Å². The third-order valence-corrected chi connectivity index (χ3v) is 3.88. The summed E-state index contributed by atoms with van der Waals surface area (Å²) in [5.41, 5.74) is -0.210. The molecule has 0 bridgehead atoms. The molecule has 1 aliphatic rings. The van der Waals surface area contributed by atoms with Crippen molar-refractivity contribution in [1.82, 2.24) is 4.98 Å². The second-order valence-corrected chi connectivity index (χ2v) is 5.30. The van der Waals surface area contributed by atoms with Crippen LogP contribution in [0.25, 0.3) is 10.9 Å². The average molecular weight is 283 g/mol. The number of fused-ring (bicyclic) bond motifs is 1. The molecule has 0 atom stereocenters. The van der Waals surface area contributed by atoms with Crippen LogP contribution in [-0.4, -0.2) is 16.1 Å². The topological polar surface area (TPSA) is 53.1 Å². The van der Waals surface area contributed by atoms with Crippen LogP contribution < -0.4 is 0 Å². The van der Waals surface area contributed by atoms with Gasteiger partial charge in [-0.1, -0.05) is 12.1 Å². The summed E-state index contributed by atoms with van der Waals surface area (Å²) in [5, 5.41) is 9.44. The van der Waals surface area contributed by atoms with Gasteiger partial charge in [-0.2, -0.15) is 13.2 Å². The van der Waals surface area contributed by atoms with Gasteiger partial charge in [0.1, 0.15) is 5.69 Å². The summed E-state index contributed by atoms with van der Waals surface area (Å²) in [6, 6.07) is 6.04. The first-order valence-electron chi connectivity index (χ1n) is 6.23. The molecule has 3 rings (SSSR count). The predicted molar refractivity (Wildman–Crippen MR) is 66.5 cm³/mol. The normalized spacial score (nSPS) is 17.4. The fraction of sp³-hybridized carbons (Fsp3) is 0.357. The van der Waals surface area contributed by atoms with Crippen molar-refractivity contribution in [2.75, 3.05) is 0 Å². The number of carboxylic acids is 1. The summed E-state index contributed by atoms with van der Waals surface area (Å²) in [4.78, 5) is 13.3. The SMILES string of the molecule is O=C(O)CC1(c2cccc3[nH]c(C(F)(F)F)cc23)CC1. The van der Waals surface area contributed by atoms with E-state index in [2.05, 4.69) is 4.98 Å². The Kier molecular flexibility index (Phi) is 2.61. The molecule has 1 aliphatic carbocycles. The lowest BCUT2D eigenvalue weighted by atomic mass is 9.90. The zero-order valence-electron chi connectivity index (χ0n) is 10.4. The Morgan fingerprint density at radius 3 is 2.60 bits per heavy atom. The summed E-state index contributed by atoms with van der Waals surface area (Å²) in [6.45, 7) is 0. The van der Waals surface area contributed by atoms with Crippen LogP contribution in [0.3, 0.4) is 0 Å². The minimum Gasteiger partial charge on any atom is -0.481 e. The molecule has 1 saturated carbocycles. The number of carbonyl (C=O) groups is 1. The van der Waals surface area contributed by atoms with Crippen LogP contribution in [0.1, 0.15) is 30.5 Å². The number of carboxylic acid groups (broad SMARTS) is 1. The number of halogens is 3. The van der Waals surface area contributed by atoms with Gasteiger partial charge in [-0.25, -0.2) is 0 Å². The molecule has 106 valence electrons. The molecule has 0 spiro atoms. The van der Waals surface area contributed by atoms with Crippen LogP contribution in [0.2, 0.25) is 0 Å². The number of nitrogens with one attached hydrogen (secondary N) is 1. The van der Waals surface area contributed by atoms with Gasteiger partial charge in [-0.05, 0) is 30.5 Å². The Morgan fingerprint density at radius 2 is 2.05 bits per heavy atom. The minimum absolute atomic E-state index is 0.0430. The molecule has 0 unspecified atom stereocenters. The first-order chi connectivity index (χ1) is 9.32. The van der Waals surface area contributed by atoms with Crippen LogP contribution >= 0.6 is 0 Å². The number of rotatable bonds is 3. The van der Waals surface area contributed by atoms with Crippen molar-refractivity contribution in [1.29, 1.82) is 0 Å². The second kappa shape index (κ2) is 4.01. The van der Waals surface area contributed by atoms with Crippen molar-refractivity contribution >= 4 is 16.9 Å². The molecule has 0 radical (unpaired) electrons. The summed E-state index contributed by atoms with van der Waals surface area (Å²) in [7, 11) is 0. The quantitative estimate of drug-likeness (QED) is 0.902. The molecule has 3 nitrogen and oxygen atoms in total. The Bertz CT molecular complexity index is 683. The van der Waals surface area contributed by atoms with Gasteiger partial charge in [0.25, 0.3) is 0 Å². The number of hydrogen-bond donors (Lipinski definition) is 2. The molecule has 0 aliphatic heterocycles. The standard InChI is InChI=1S/C14H12F3NO2/c15-14(16,17)11-6-8-9(2-1-3-10(8)18-11)13(4-5-13)7-12(19)20/h1-3,6,18H,4-5,7H2,(H,19,20). The minimum atomic E-state index is -4.43. The van der Waals surface area contributed by atoms with Gasteiger partial charge in [0.15, 0.2) is 0 Å². The number of alkyl halides is 3. The summed E-state index contributed by atoms with van der Waals surface area (Å²) in [6.07, 6.45) is -3.08. The number of benzene rings is 1. The van der Waals surface area contributed by atoms with E-state index in [0.717, 1.165) is 6.07 Å². The summed E-state index contributed by atoms with van der Waals surface area (Å²) in [5.74, 6) is -0.925. The lowest BCUT2D eigenvalue weighted by Crippen LogP contribution is -2.13. The third-order valence-electron chi connectivity index (χ3n) is 3.88. The molecule has 2 aromatic rings. The van der Waals surface area contributed by atoms with E-state index >= 15 is 0 Å². The predicted octanol–water partition coefficient (Wildman–Crippen LogP) is 3.69. The maximum atomic E-state index is 12.8. The molecular weight excluding hydrogens is 271 g/mol. The van der Waals surface area contributed by atoms with Crippen molar-refractivity contribution in [3.8, 4) is 0 Å². The van der Waals surface area contributed by atoms with E-state index in [-0.39, 0.29) is 6.42 Å². The van der Waals surface area contributed by atoms with Crippen molar-refractivity contribution in [2.24, 2.45) is 0 Å². The monoisotopic (exact) mass is 283 g/mol. The summed E-state index contributed by atoms with van der Waals surface area (Å²) >= 11 is 0.